The molecule has 4 aromatic rings. The second-order valence-electron chi connectivity index (χ2n) is 6.97. The highest BCUT2D eigenvalue weighted by atomic mass is 32.1. The molecule has 6 heteroatoms. The highest BCUT2D eigenvalue weighted by Gasteiger charge is 2.07. The molecule has 0 aliphatic heterocycles. The standard InChI is InChI=1S/C23H22N4OS/c1-16-24-11-12-27(16)14-19-5-9-21(10-6-19)26-23(28)13-18-3-7-20(8-4-18)22-15-29-17(2)25-22/h3-12,15H,13-14H2,1-2H3,(H,26,28). The Labute approximate surface area is 174 Å². The van der Waals surface area contributed by atoms with Crippen LogP contribution >= 0.6 is 11.3 Å². The van der Waals surface area contributed by atoms with E-state index < -0.39 is 0 Å². The van der Waals surface area contributed by atoms with Crippen molar-refractivity contribution >= 4 is 22.9 Å². The summed E-state index contributed by atoms with van der Waals surface area (Å²) in [5.41, 5.74) is 5.00. The van der Waals surface area contributed by atoms with Gasteiger partial charge in [0.15, 0.2) is 0 Å². The van der Waals surface area contributed by atoms with Gasteiger partial charge in [-0.1, -0.05) is 36.4 Å². The first-order valence-corrected chi connectivity index (χ1v) is 10.3. The molecule has 0 saturated carbocycles. The van der Waals surface area contributed by atoms with Crippen LogP contribution < -0.4 is 5.32 Å². The Bertz CT molecular complexity index is 1110. The van der Waals surface area contributed by atoms with Crippen LogP contribution in [0.15, 0.2) is 66.3 Å². The normalized spacial score (nSPS) is 10.8. The second kappa shape index (κ2) is 8.41. The van der Waals surface area contributed by atoms with Crippen LogP contribution in [-0.2, 0) is 17.8 Å². The van der Waals surface area contributed by atoms with Crippen molar-refractivity contribution in [3.63, 3.8) is 0 Å². The summed E-state index contributed by atoms with van der Waals surface area (Å²) in [5, 5.41) is 6.07. The third-order valence-electron chi connectivity index (χ3n) is 4.75. The van der Waals surface area contributed by atoms with Gasteiger partial charge in [-0.05, 0) is 37.1 Å². The monoisotopic (exact) mass is 402 g/mol. The Morgan fingerprint density at radius 1 is 1.03 bits per heavy atom. The number of anilines is 1. The molecular weight excluding hydrogens is 380 g/mol. The third-order valence-corrected chi connectivity index (χ3v) is 5.52. The molecule has 146 valence electrons. The molecule has 1 N–H and O–H groups in total. The maximum atomic E-state index is 12.4. The molecule has 2 aromatic heterocycles. The Hall–Kier alpha value is -3.25. The lowest BCUT2D eigenvalue weighted by Gasteiger charge is -2.08. The number of aromatic nitrogens is 3. The highest BCUT2D eigenvalue weighted by Crippen LogP contribution is 2.22. The third kappa shape index (κ3) is 4.78. The minimum Gasteiger partial charge on any atom is -0.331 e. The topological polar surface area (TPSA) is 59.8 Å². The van der Waals surface area contributed by atoms with Crippen LogP contribution in [0.2, 0.25) is 0 Å². The molecule has 4 rings (SSSR count). The van der Waals surface area contributed by atoms with Crippen molar-refractivity contribution in [2.24, 2.45) is 0 Å². The maximum Gasteiger partial charge on any atom is 0.228 e. The molecule has 0 fully saturated rings. The van der Waals surface area contributed by atoms with Gasteiger partial charge in [-0.3, -0.25) is 4.79 Å². The number of hydrogen-bond acceptors (Lipinski definition) is 4. The van der Waals surface area contributed by atoms with Gasteiger partial charge in [0.2, 0.25) is 5.91 Å². The number of hydrogen-bond donors (Lipinski definition) is 1. The molecule has 2 aromatic carbocycles. The smallest absolute Gasteiger partial charge is 0.228 e. The first kappa shape index (κ1) is 19.1. The number of amides is 1. The van der Waals surface area contributed by atoms with Crippen LogP contribution in [0, 0.1) is 13.8 Å². The number of carbonyl (C=O) groups excluding carboxylic acids is 1. The fourth-order valence-corrected chi connectivity index (χ4v) is 3.76. The van der Waals surface area contributed by atoms with E-state index in [9.17, 15) is 4.79 Å². The van der Waals surface area contributed by atoms with E-state index in [0.29, 0.717) is 6.42 Å². The Kier molecular flexibility index (Phi) is 5.53. The van der Waals surface area contributed by atoms with Crippen LogP contribution in [-0.4, -0.2) is 20.4 Å². The van der Waals surface area contributed by atoms with E-state index in [1.54, 1.807) is 17.5 Å². The van der Waals surface area contributed by atoms with Gasteiger partial charge in [0, 0.05) is 35.6 Å². The number of thiazole rings is 1. The largest absolute Gasteiger partial charge is 0.331 e. The molecule has 29 heavy (non-hydrogen) atoms. The lowest BCUT2D eigenvalue weighted by molar-refractivity contribution is -0.115. The number of nitrogens with zero attached hydrogens (tertiary/aromatic N) is 3. The fraction of sp³-hybridized carbons (Fsp3) is 0.174. The lowest BCUT2D eigenvalue weighted by atomic mass is 10.1. The molecule has 0 radical (unpaired) electrons. The molecular formula is C23H22N4OS. The van der Waals surface area contributed by atoms with Crippen molar-refractivity contribution < 1.29 is 4.79 Å². The van der Waals surface area contributed by atoms with Crippen molar-refractivity contribution in [3.8, 4) is 11.3 Å². The minimum atomic E-state index is -0.0274. The van der Waals surface area contributed by atoms with Crippen LogP contribution in [0.4, 0.5) is 5.69 Å². The van der Waals surface area contributed by atoms with Crippen LogP contribution in [0.1, 0.15) is 22.0 Å². The van der Waals surface area contributed by atoms with E-state index in [4.69, 9.17) is 0 Å². The van der Waals surface area contributed by atoms with E-state index >= 15 is 0 Å². The first-order chi connectivity index (χ1) is 14.1. The number of benzene rings is 2. The number of aryl methyl sites for hydroxylation is 2. The minimum absolute atomic E-state index is 0.0274. The van der Waals surface area contributed by atoms with Crippen molar-refractivity contribution in [3.05, 3.63) is 88.3 Å². The summed E-state index contributed by atoms with van der Waals surface area (Å²) in [7, 11) is 0. The summed E-state index contributed by atoms with van der Waals surface area (Å²) in [6.07, 6.45) is 4.10. The van der Waals surface area contributed by atoms with E-state index in [2.05, 4.69) is 25.2 Å². The molecule has 0 aliphatic carbocycles. The molecule has 1 amide bonds. The van der Waals surface area contributed by atoms with Crippen molar-refractivity contribution in [2.75, 3.05) is 5.32 Å². The lowest BCUT2D eigenvalue weighted by Crippen LogP contribution is -2.14. The Morgan fingerprint density at radius 3 is 2.38 bits per heavy atom. The molecule has 2 heterocycles. The molecule has 0 bridgehead atoms. The molecule has 0 atom stereocenters. The van der Waals surface area contributed by atoms with Crippen molar-refractivity contribution in [2.45, 2.75) is 26.8 Å². The zero-order valence-electron chi connectivity index (χ0n) is 16.4. The highest BCUT2D eigenvalue weighted by molar-refractivity contribution is 7.09. The summed E-state index contributed by atoms with van der Waals surface area (Å²) in [6.45, 7) is 4.75. The van der Waals surface area contributed by atoms with Gasteiger partial charge in [-0.15, -0.1) is 11.3 Å². The summed E-state index contributed by atoms with van der Waals surface area (Å²) in [5.74, 6) is 0.957. The van der Waals surface area contributed by atoms with Gasteiger partial charge in [0.1, 0.15) is 5.82 Å². The van der Waals surface area contributed by atoms with Gasteiger partial charge < -0.3 is 9.88 Å². The number of imidazole rings is 1. The average Bonchev–Trinajstić information content (AvgIpc) is 3.32. The number of nitrogens with one attached hydrogen (secondary N) is 1. The van der Waals surface area contributed by atoms with Gasteiger partial charge in [-0.25, -0.2) is 9.97 Å². The Balaban J connectivity index is 1.34. The number of carbonyl (C=O) groups is 1. The molecule has 0 unspecified atom stereocenters. The predicted molar refractivity (Wildman–Crippen MR) is 117 cm³/mol. The zero-order valence-corrected chi connectivity index (χ0v) is 17.2. The molecule has 5 nitrogen and oxygen atoms in total. The molecule has 0 saturated heterocycles. The zero-order chi connectivity index (χ0) is 20.2. The van der Waals surface area contributed by atoms with E-state index in [1.807, 2.05) is 68.6 Å². The number of rotatable bonds is 6. The van der Waals surface area contributed by atoms with Gasteiger partial charge in [0.25, 0.3) is 0 Å². The Morgan fingerprint density at radius 2 is 1.76 bits per heavy atom. The van der Waals surface area contributed by atoms with Crippen molar-refractivity contribution in [1.29, 1.82) is 0 Å². The van der Waals surface area contributed by atoms with E-state index in [-0.39, 0.29) is 5.91 Å². The summed E-state index contributed by atoms with van der Waals surface area (Å²) in [6, 6.07) is 15.9. The summed E-state index contributed by atoms with van der Waals surface area (Å²) < 4.78 is 2.09. The molecule has 0 spiro atoms. The fourth-order valence-electron chi connectivity index (χ4n) is 3.14. The first-order valence-electron chi connectivity index (χ1n) is 9.45. The molecule has 0 aliphatic rings. The predicted octanol–water partition coefficient (Wildman–Crippen LogP) is 4.85. The quantitative estimate of drug-likeness (QED) is 0.501. The summed E-state index contributed by atoms with van der Waals surface area (Å²) >= 11 is 1.64. The van der Waals surface area contributed by atoms with E-state index in [0.717, 1.165) is 45.4 Å². The average molecular weight is 403 g/mol. The van der Waals surface area contributed by atoms with Crippen molar-refractivity contribution in [1.82, 2.24) is 14.5 Å². The van der Waals surface area contributed by atoms with Gasteiger partial charge in [0.05, 0.1) is 17.1 Å². The second-order valence-corrected chi connectivity index (χ2v) is 8.04. The van der Waals surface area contributed by atoms with Crippen LogP contribution in [0.25, 0.3) is 11.3 Å². The van der Waals surface area contributed by atoms with E-state index in [1.165, 1.54) is 0 Å². The SMILES string of the molecule is Cc1nc(-c2ccc(CC(=O)Nc3ccc(Cn4ccnc4C)cc3)cc2)cs1. The van der Waals surface area contributed by atoms with Gasteiger partial charge in [-0.2, -0.15) is 0 Å². The van der Waals surface area contributed by atoms with Crippen LogP contribution in [0.3, 0.4) is 0 Å². The summed E-state index contributed by atoms with van der Waals surface area (Å²) in [4.78, 5) is 21.1. The van der Waals surface area contributed by atoms with Gasteiger partial charge >= 0.3 is 0 Å². The van der Waals surface area contributed by atoms with Crippen LogP contribution in [0.5, 0.6) is 0 Å². The maximum absolute atomic E-state index is 12.4.